The van der Waals surface area contributed by atoms with Gasteiger partial charge in [-0.25, -0.2) is 0 Å². The SMILES string of the molecule is CCNCC(=O)Nc1ccc(OC2CCN(C3CCC3)CC2)cc1. The van der Waals surface area contributed by atoms with Gasteiger partial charge in [-0.2, -0.15) is 0 Å². The molecule has 1 saturated heterocycles. The van der Waals surface area contributed by atoms with Gasteiger partial charge in [-0.1, -0.05) is 13.3 Å². The van der Waals surface area contributed by atoms with Crippen molar-refractivity contribution in [1.82, 2.24) is 10.2 Å². The molecule has 1 amide bonds. The fourth-order valence-electron chi connectivity index (χ4n) is 3.36. The number of likely N-dealkylation sites (tertiary alicyclic amines) is 1. The summed E-state index contributed by atoms with van der Waals surface area (Å²) >= 11 is 0. The second kappa shape index (κ2) is 8.49. The molecule has 0 atom stereocenters. The normalized spacial score (nSPS) is 19.7. The highest BCUT2D eigenvalue weighted by Gasteiger charge is 2.29. The van der Waals surface area contributed by atoms with E-state index in [1.807, 2.05) is 31.2 Å². The molecule has 132 valence electrons. The first-order valence-corrected chi connectivity index (χ1v) is 9.26. The summed E-state index contributed by atoms with van der Waals surface area (Å²) < 4.78 is 6.11. The van der Waals surface area contributed by atoms with Crippen molar-refractivity contribution in [2.75, 3.05) is 31.5 Å². The van der Waals surface area contributed by atoms with E-state index in [1.54, 1.807) is 0 Å². The number of rotatable bonds is 7. The molecule has 1 aromatic rings. The van der Waals surface area contributed by atoms with Crippen LogP contribution in [-0.2, 0) is 4.79 Å². The molecule has 0 radical (unpaired) electrons. The number of amides is 1. The fraction of sp³-hybridized carbons (Fsp3) is 0.632. The van der Waals surface area contributed by atoms with Crippen molar-refractivity contribution < 1.29 is 9.53 Å². The Morgan fingerprint density at radius 3 is 2.46 bits per heavy atom. The van der Waals surface area contributed by atoms with E-state index in [9.17, 15) is 4.79 Å². The molecule has 1 aliphatic carbocycles. The highest BCUT2D eigenvalue weighted by atomic mass is 16.5. The summed E-state index contributed by atoms with van der Waals surface area (Å²) in [6.45, 7) is 5.44. The van der Waals surface area contributed by atoms with E-state index in [-0.39, 0.29) is 5.91 Å². The zero-order chi connectivity index (χ0) is 16.8. The Morgan fingerprint density at radius 1 is 1.17 bits per heavy atom. The first kappa shape index (κ1) is 17.2. The van der Waals surface area contributed by atoms with Gasteiger partial charge in [0.2, 0.25) is 5.91 Å². The van der Waals surface area contributed by atoms with E-state index in [1.165, 1.54) is 19.3 Å². The summed E-state index contributed by atoms with van der Waals surface area (Å²) in [7, 11) is 0. The number of carbonyl (C=O) groups is 1. The molecule has 2 fully saturated rings. The third kappa shape index (κ3) is 4.71. The van der Waals surface area contributed by atoms with Gasteiger partial charge in [0.15, 0.2) is 0 Å². The minimum atomic E-state index is -0.0196. The standard InChI is InChI=1S/C19H29N3O2/c1-2-20-14-19(23)21-15-6-8-17(9-7-15)24-18-10-12-22(13-11-18)16-4-3-5-16/h6-9,16,18,20H,2-5,10-14H2,1H3,(H,21,23). The molecule has 2 N–H and O–H groups in total. The van der Waals surface area contributed by atoms with Crippen molar-refractivity contribution in [1.29, 1.82) is 0 Å². The molecule has 5 heteroatoms. The van der Waals surface area contributed by atoms with Gasteiger partial charge in [-0.3, -0.25) is 4.79 Å². The predicted octanol–water partition coefficient (Wildman–Crippen LogP) is 2.63. The van der Waals surface area contributed by atoms with Gasteiger partial charge in [-0.15, -0.1) is 0 Å². The molecular weight excluding hydrogens is 302 g/mol. The zero-order valence-corrected chi connectivity index (χ0v) is 14.6. The molecule has 1 aliphatic heterocycles. The maximum absolute atomic E-state index is 11.7. The van der Waals surface area contributed by atoms with E-state index < -0.39 is 0 Å². The Kier molecular flexibility index (Phi) is 6.10. The molecule has 1 aromatic carbocycles. The van der Waals surface area contributed by atoms with Crippen molar-refractivity contribution in [2.45, 2.75) is 51.2 Å². The van der Waals surface area contributed by atoms with E-state index in [0.29, 0.717) is 12.6 Å². The number of anilines is 1. The van der Waals surface area contributed by atoms with Crippen molar-refractivity contribution in [2.24, 2.45) is 0 Å². The Hall–Kier alpha value is -1.59. The van der Waals surface area contributed by atoms with Gasteiger partial charge in [0.05, 0.1) is 6.54 Å². The Balaban J connectivity index is 1.42. The highest BCUT2D eigenvalue weighted by Crippen LogP contribution is 2.28. The number of nitrogens with one attached hydrogen (secondary N) is 2. The molecule has 2 aliphatic rings. The van der Waals surface area contributed by atoms with E-state index >= 15 is 0 Å². The van der Waals surface area contributed by atoms with Crippen molar-refractivity contribution in [3.05, 3.63) is 24.3 Å². The van der Waals surface area contributed by atoms with Crippen LogP contribution in [0.1, 0.15) is 39.0 Å². The van der Waals surface area contributed by atoms with Crippen molar-refractivity contribution in [3.8, 4) is 5.75 Å². The number of carbonyl (C=O) groups excluding carboxylic acids is 1. The number of benzene rings is 1. The quantitative estimate of drug-likeness (QED) is 0.806. The Labute approximate surface area is 144 Å². The predicted molar refractivity (Wildman–Crippen MR) is 96.5 cm³/mol. The monoisotopic (exact) mass is 331 g/mol. The molecule has 0 bridgehead atoms. The number of piperidine rings is 1. The van der Waals surface area contributed by atoms with Crippen LogP contribution in [0.4, 0.5) is 5.69 Å². The van der Waals surface area contributed by atoms with Gasteiger partial charge in [0, 0.05) is 24.8 Å². The topological polar surface area (TPSA) is 53.6 Å². The summed E-state index contributed by atoms with van der Waals surface area (Å²) in [6, 6.07) is 8.55. The average Bonchev–Trinajstić information content (AvgIpc) is 2.55. The van der Waals surface area contributed by atoms with Crippen molar-refractivity contribution >= 4 is 11.6 Å². The largest absolute Gasteiger partial charge is 0.490 e. The van der Waals surface area contributed by atoms with Crippen LogP contribution in [0.25, 0.3) is 0 Å². The van der Waals surface area contributed by atoms with E-state index in [2.05, 4.69) is 15.5 Å². The molecule has 0 spiro atoms. The van der Waals surface area contributed by atoms with Crippen LogP contribution in [0.3, 0.4) is 0 Å². The lowest BCUT2D eigenvalue weighted by atomic mass is 9.90. The van der Waals surface area contributed by atoms with Gasteiger partial charge in [0.1, 0.15) is 11.9 Å². The third-order valence-corrected chi connectivity index (χ3v) is 5.04. The summed E-state index contributed by atoms with van der Waals surface area (Å²) in [5.41, 5.74) is 0.810. The second-order valence-corrected chi connectivity index (χ2v) is 6.79. The number of ether oxygens (including phenoxy) is 1. The lowest BCUT2D eigenvalue weighted by Crippen LogP contribution is -2.46. The lowest BCUT2D eigenvalue weighted by Gasteiger charge is -2.41. The van der Waals surface area contributed by atoms with E-state index in [0.717, 1.165) is 50.0 Å². The molecule has 0 aromatic heterocycles. The van der Waals surface area contributed by atoms with Gasteiger partial charge < -0.3 is 20.3 Å². The molecule has 1 saturated carbocycles. The third-order valence-electron chi connectivity index (χ3n) is 5.04. The fourth-order valence-corrected chi connectivity index (χ4v) is 3.36. The van der Waals surface area contributed by atoms with Gasteiger partial charge in [-0.05, 0) is 56.5 Å². The summed E-state index contributed by atoms with van der Waals surface area (Å²) in [5, 5.41) is 5.89. The zero-order valence-electron chi connectivity index (χ0n) is 14.6. The van der Waals surface area contributed by atoms with Crippen LogP contribution < -0.4 is 15.4 Å². The minimum Gasteiger partial charge on any atom is -0.490 e. The van der Waals surface area contributed by atoms with Crippen molar-refractivity contribution in [3.63, 3.8) is 0 Å². The maximum Gasteiger partial charge on any atom is 0.238 e. The van der Waals surface area contributed by atoms with E-state index in [4.69, 9.17) is 4.74 Å². The molecular formula is C19H29N3O2. The molecule has 3 rings (SSSR count). The van der Waals surface area contributed by atoms with Gasteiger partial charge in [0.25, 0.3) is 0 Å². The summed E-state index contributed by atoms with van der Waals surface area (Å²) in [4.78, 5) is 14.3. The second-order valence-electron chi connectivity index (χ2n) is 6.79. The molecule has 5 nitrogen and oxygen atoms in total. The van der Waals surface area contributed by atoms with Crippen LogP contribution in [0.2, 0.25) is 0 Å². The first-order chi connectivity index (χ1) is 11.7. The molecule has 1 heterocycles. The van der Waals surface area contributed by atoms with Crippen LogP contribution in [0.5, 0.6) is 5.75 Å². The lowest BCUT2D eigenvalue weighted by molar-refractivity contribution is -0.115. The minimum absolute atomic E-state index is 0.0196. The van der Waals surface area contributed by atoms with Crippen LogP contribution in [-0.4, -0.2) is 49.1 Å². The Morgan fingerprint density at radius 2 is 1.88 bits per heavy atom. The maximum atomic E-state index is 11.7. The first-order valence-electron chi connectivity index (χ1n) is 9.26. The Bertz CT molecular complexity index is 520. The average molecular weight is 331 g/mol. The van der Waals surface area contributed by atoms with Crippen LogP contribution >= 0.6 is 0 Å². The molecule has 24 heavy (non-hydrogen) atoms. The van der Waals surface area contributed by atoms with Crippen LogP contribution in [0.15, 0.2) is 24.3 Å². The number of hydrogen-bond donors (Lipinski definition) is 2. The number of hydrogen-bond acceptors (Lipinski definition) is 4. The number of nitrogens with zero attached hydrogens (tertiary/aromatic N) is 1. The highest BCUT2D eigenvalue weighted by molar-refractivity contribution is 5.92. The number of likely N-dealkylation sites (N-methyl/N-ethyl adjacent to an activating group) is 1. The van der Waals surface area contributed by atoms with Crippen LogP contribution in [0, 0.1) is 0 Å². The summed E-state index contributed by atoms with van der Waals surface area (Å²) in [5.74, 6) is 0.871. The summed E-state index contributed by atoms with van der Waals surface area (Å²) in [6.07, 6.45) is 6.70. The molecule has 0 unspecified atom stereocenters. The smallest absolute Gasteiger partial charge is 0.238 e. The van der Waals surface area contributed by atoms with Gasteiger partial charge >= 0.3 is 0 Å².